The molecule has 0 spiro atoms. The van der Waals surface area contributed by atoms with Crippen molar-refractivity contribution >= 4 is 23.2 Å². The molecule has 0 aliphatic carbocycles. The summed E-state index contributed by atoms with van der Waals surface area (Å²) in [7, 11) is 0. The Morgan fingerprint density at radius 2 is 1.87 bits per heavy atom. The molecule has 2 amide bonds. The number of hydrogen-bond donors (Lipinski definition) is 1. The largest absolute Gasteiger partial charge is 0.477 e. The van der Waals surface area contributed by atoms with Crippen molar-refractivity contribution < 1.29 is 19.1 Å². The first-order valence-electron chi connectivity index (χ1n) is 10.8. The second-order valence-corrected chi connectivity index (χ2v) is 7.90. The molecular weight excluding hydrogens is 394 g/mol. The third-order valence-corrected chi connectivity index (χ3v) is 5.80. The molecule has 0 saturated carbocycles. The van der Waals surface area contributed by atoms with Crippen LogP contribution in [0.1, 0.15) is 18.1 Å². The molecular formula is C24H29N3O4. The Hall–Kier alpha value is -3.06. The number of rotatable bonds is 5. The van der Waals surface area contributed by atoms with Gasteiger partial charge >= 0.3 is 0 Å². The summed E-state index contributed by atoms with van der Waals surface area (Å²) in [5.41, 5.74) is 3.84. The average Bonchev–Trinajstić information content (AvgIpc) is 2.80. The standard InChI is InChI=1S/C24H29N3O4/c1-3-18-8-6-7-17(2)23(18)25-22(28)16-27-15-21(24(29)26-11-13-30-14-12-26)31-20-10-5-4-9-19(20)27/h4-10,21H,3,11-16H2,1-2H3,(H,25,28)/t21-/m1/s1. The Morgan fingerprint density at radius 1 is 1.10 bits per heavy atom. The first-order valence-corrected chi connectivity index (χ1v) is 10.8. The smallest absolute Gasteiger partial charge is 0.265 e. The van der Waals surface area contributed by atoms with E-state index in [4.69, 9.17) is 9.47 Å². The second kappa shape index (κ2) is 9.39. The molecule has 31 heavy (non-hydrogen) atoms. The van der Waals surface area contributed by atoms with E-state index in [0.29, 0.717) is 38.6 Å². The van der Waals surface area contributed by atoms with Crippen LogP contribution in [0.3, 0.4) is 0 Å². The van der Waals surface area contributed by atoms with Gasteiger partial charge in [0, 0.05) is 18.8 Å². The molecule has 0 unspecified atom stereocenters. The summed E-state index contributed by atoms with van der Waals surface area (Å²) in [6.07, 6.45) is 0.193. The summed E-state index contributed by atoms with van der Waals surface area (Å²) >= 11 is 0. The van der Waals surface area contributed by atoms with Gasteiger partial charge in [-0.05, 0) is 36.6 Å². The molecule has 0 bridgehead atoms. The summed E-state index contributed by atoms with van der Waals surface area (Å²) in [6.45, 7) is 6.75. The first-order chi connectivity index (χ1) is 15.1. The van der Waals surface area contributed by atoms with Gasteiger partial charge in [-0.1, -0.05) is 37.3 Å². The number of ether oxygens (including phenoxy) is 2. The van der Waals surface area contributed by atoms with Crippen LogP contribution >= 0.6 is 0 Å². The number of anilines is 2. The molecule has 0 radical (unpaired) electrons. The fourth-order valence-electron chi connectivity index (χ4n) is 4.13. The van der Waals surface area contributed by atoms with E-state index >= 15 is 0 Å². The SMILES string of the molecule is CCc1cccc(C)c1NC(=O)CN1C[C@H](C(=O)N2CCOCC2)Oc2ccccc21. The Bertz CT molecular complexity index is 956. The molecule has 4 rings (SSSR count). The molecule has 1 atom stereocenters. The van der Waals surface area contributed by atoms with Gasteiger partial charge in [-0.3, -0.25) is 9.59 Å². The fourth-order valence-corrected chi connectivity index (χ4v) is 4.13. The number of carbonyl (C=O) groups excluding carboxylic acids is 2. The Morgan fingerprint density at radius 3 is 2.65 bits per heavy atom. The Labute approximate surface area is 182 Å². The molecule has 7 heteroatoms. The van der Waals surface area contributed by atoms with E-state index in [1.54, 1.807) is 4.90 Å². The molecule has 1 N–H and O–H groups in total. The summed E-state index contributed by atoms with van der Waals surface area (Å²) < 4.78 is 11.4. The van der Waals surface area contributed by atoms with Crippen LogP contribution in [0, 0.1) is 6.92 Å². The van der Waals surface area contributed by atoms with Crippen molar-refractivity contribution in [1.82, 2.24) is 4.90 Å². The number of carbonyl (C=O) groups is 2. The van der Waals surface area contributed by atoms with E-state index in [1.165, 1.54) is 0 Å². The number of hydrogen-bond acceptors (Lipinski definition) is 5. The number of morpholine rings is 1. The summed E-state index contributed by atoms with van der Waals surface area (Å²) in [6, 6.07) is 13.6. The molecule has 0 aromatic heterocycles. The molecule has 2 aliphatic rings. The third kappa shape index (κ3) is 4.66. The molecule has 2 aliphatic heterocycles. The number of para-hydroxylation sites is 3. The van der Waals surface area contributed by atoms with Crippen LogP contribution in [-0.4, -0.2) is 62.2 Å². The Kier molecular flexibility index (Phi) is 6.42. The zero-order valence-electron chi connectivity index (χ0n) is 18.1. The summed E-state index contributed by atoms with van der Waals surface area (Å²) in [5, 5.41) is 3.08. The first kappa shape index (κ1) is 21.2. The van der Waals surface area contributed by atoms with Gasteiger partial charge in [0.2, 0.25) is 5.91 Å². The highest BCUT2D eigenvalue weighted by atomic mass is 16.5. The number of nitrogens with zero attached hydrogens (tertiary/aromatic N) is 2. The van der Waals surface area contributed by atoms with Gasteiger partial charge in [-0.15, -0.1) is 0 Å². The number of aryl methyl sites for hydroxylation is 2. The lowest BCUT2D eigenvalue weighted by molar-refractivity contribution is -0.142. The minimum absolute atomic E-state index is 0.0598. The topological polar surface area (TPSA) is 71.1 Å². The van der Waals surface area contributed by atoms with Crippen LogP contribution in [0.25, 0.3) is 0 Å². The van der Waals surface area contributed by atoms with Crippen molar-refractivity contribution in [2.24, 2.45) is 0 Å². The minimum Gasteiger partial charge on any atom is -0.477 e. The van der Waals surface area contributed by atoms with Crippen molar-refractivity contribution in [3.63, 3.8) is 0 Å². The van der Waals surface area contributed by atoms with Crippen LogP contribution < -0.4 is 15.0 Å². The summed E-state index contributed by atoms with van der Waals surface area (Å²) in [4.78, 5) is 29.7. The fraction of sp³-hybridized carbons (Fsp3) is 0.417. The van der Waals surface area contributed by atoms with Crippen LogP contribution in [-0.2, 0) is 20.7 Å². The van der Waals surface area contributed by atoms with Gasteiger partial charge in [0.1, 0.15) is 5.75 Å². The van der Waals surface area contributed by atoms with Crippen molar-refractivity contribution in [2.45, 2.75) is 26.4 Å². The van der Waals surface area contributed by atoms with Gasteiger partial charge in [-0.25, -0.2) is 0 Å². The predicted octanol–water partition coefficient (Wildman–Crippen LogP) is 2.62. The second-order valence-electron chi connectivity index (χ2n) is 7.90. The normalized spacial score (nSPS) is 18.2. The predicted molar refractivity (Wildman–Crippen MR) is 120 cm³/mol. The van der Waals surface area contributed by atoms with Crippen LogP contribution in [0.5, 0.6) is 5.75 Å². The zero-order chi connectivity index (χ0) is 21.8. The molecule has 2 heterocycles. The van der Waals surface area contributed by atoms with Crippen molar-refractivity contribution in [1.29, 1.82) is 0 Å². The average molecular weight is 424 g/mol. The van der Waals surface area contributed by atoms with E-state index in [2.05, 4.69) is 12.2 Å². The van der Waals surface area contributed by atoms with Crippen LogP contribution in [0.15, 0.2) is 42.5 Å². The maximum Gasteiger partial charge on any atom is 0.265 e. The van der Waals surface area contributed by atoms with Crippen LogP contribution in [0.2, 0.25) is 0 Å². The van der Waals surface area contributed by atoms with E-state index in [1.807, 2.05) is 54.3 Å². The Balaban J connectivity index is 1.51. The van der Waals surface area contributed by atoms with Gasteiger partial charge in [0.05, 0.1) is 32.0 Å². The highest BCUT2D eigenvalue weighted by Crippen LogP contribution is 2.33. The van der Waals surface area contributed by atoms with Gasteiger partial charge in [0.15, 0.2) is 6.10 Å². The van der Waals surface area contributed by atoms with E-state index in [-0.39, 0.29) is 18.4 Å². The van der Waals surface area contributed by atoms with Crippen molar-refractivity contribution in [2.75, 3.05) is 49.6 Å². The molecule has 1 saturated heterocycles. The third-order valence-electron chi connectivity index (χ3n) is 5.80. The van der Waals surface area contributed by atoms with E-state index in [0.717, 1.165) is 28.9 Å². The van der Waals surface area contributed by atoms with Gasteiger partial charge < -0.3 is 24.6 Å². The van der Waals surface area contributed by atoms with E-state index in [9.17, 15) is 9.59 Å². The van der Waals surface area contributed by atoms with Gasteiger partial charge in [0.25, 0.3) is 5.91 Å². The van der Waals surface area contributed by atoms with Crippen LogP contribution in [0.4, 0.5) is 11.4 Å². The lowest BCUT2D eigenvalue weighted by atomic mass is 10.1. The van der Waals surface area contributed by atoms with E-state index < -0.39 is 6.10 Å². The molecule has 2 aromatic rings. The maximum atomic E-state index is 13.0. The summed E-state index contributed by atoms with van der Waals surface area (Å²) in [5.74, 6) is 0.451. The maximum absolute atomic E-state index is 13.0. The van der Waals surface area contributed by atoms with Crippen molar-refractivity contribution in [3.8, 4) is 5.75 Å². The number of nitrogens with one attached hydrogen (secondary N) is 1. The number of benzene rings is 2. The lowest BCUT2D eigenvalue weighted by Crippen LogP contribution is -2.53. The quantitative estimate of drug-likeness (QED) is 0.801. The molecule has 1 fully saturated rings. The van der Waals surface area contributed by atoms with Gasteiger partial charge in [-0.2, -0.15) is 0 Å². The molecule has 164 valence electrons. The number of fused-ring (bicyclic) bond motifs is 1. The monoisotopic (exact) mass is 423 g/mol. The van der Waals surface area contributed by atoms with Crippen molar-refractivity contribution in [3.05, 3.63) is 53.6 Å². The highest BCUT2D eigenvalue weighted by Gasteiger charge is 2.34. The number of amides is 2. The highest BCUT2D eigenvalue weighted by molar-refractivity contribution is 5.96. The lowest BCUT2D eigenvalue weighted by Gasteiger charge is -2.38. The minimum atomic E-state index is -0.648. The zero-order valence-corrected chi connectivity index (χ0v) is 18.1. The molecule has 2 aromatic carbocycles. The molecule has 7 nitrogen and oxygen atoms in total.